The maximum atomic E-state index is 12.9. The molecule has 6 saturated heterocycles. The Morgan fingerprint density at radius 3 is 1.30 bits per heavy atom. The van der Waals surface area contributed by atoms with E-state index in [4.69, 9.17) is 9.47 Å². The Labute approximate surface area is 292 Å². The predicted molar refractivity (Wildman–Crippen MR) is 179 cm³/mol. The van der Waals surface area contributed by atoms with Crippen molar-refractivity contribution in [1.29, 1.82) is 0 Å². The monoisotopic (exact) mass is 687 g/mol. The van der Waals surface area contributed by atoms with E-state index in [1.807, 2.05) is 46.2 Å². The molecule has 1 N–H and O–H groups in total. The van der Waals surface area contributed by atoms with Gasteiger partial charge in [0.2, 0.25) is 11.8 Å². The normalized spacial score (nSPS) is 32.1. The SMILES string of the molecule is O=C(O)C1C(C(=O)N2CCN(Cc3ccccc3)CC2)[C@@H]2CC[C@H]1O2.O=C([O-])C1C(C(=O)N2CCN(Cc3ccccc3)CC2)[C@@H]2CC[C@H]1O2. The van der Waals surface area contributed by atoms with Gasteiger partial charge in [0.15, 0.2) is 0 Å². The van der Waals surface area contributed by atoms with Crippen molar-refractivity contribution in [2.75, 3.05) is 52.4 Å². The summed E-state index contributed by atoms with van der Waals surface area (Å²) in [6.07, 6.45) is 1.98. The number of hydrogen-bond donors (Lipinski definition) is 1. The number of nitrogens with zero attached hydrogens (tertiary/aromatic N) is 4. The summed E-state index contributed by atoms with van der Waals surface area (Å²) in [5.41, 5.74) is 2.54. The van der Waals surface area contributed by atoms with Crippen molar-refractivity contribution in [3.63, 3.8) is 0 Å². The second kappa shape index (κ2) is 15.2. The van der Waals surface area contributed by atoms with Crippen LogP contribution in [0.5, 0.6) is 0 Å². The van der Waals surface area contributed by atoms with Gasteiger partial charge in [-0.05, 0) is 36.8 Å². The first kappa shape index (κ1) is 34.6. The minimum absolute atomic E-state index is 0.0287. The molecule has 8 atom stereocenters. The highest BCUT2D eigenvalue weighted by atomic mass is 16.5. The maximum absolute atomic E-state index is 12.9. The minimum Gasteiger partial charge on any atom is -0.550 e. The van der Waals surface area contributed by atoms with Crippen molar-refractivity contribution in [1.82, 2.24) is 19.6 Å². The van der Waals surface area contributed by atoms with Crippen molar-refractivity contribution in [2.45, 2.75) is 63.2 Å². The van der Waals surface area contributed by atoms with Crippen LogP contribution in [0.25, 0.3) is 0 Å². The highest BCUT2D eigenvalue weighted by Gasteiger charge is 2.57. The molecule has 2 aromatic rings. The second-order valence-corrected chi connectivity index (χ2v) is 14.5. The van der Waals surface area contributed by atoms with E-state index < -0.39 is 35.6 Å². The molecule has 2 amide bonds. The Morgan fingerprint density at radius 2 is 0.920 bits per heavy atom. The molecule has 0 aliphatic carbocycles. The van der Waals surface area contributed by atoms with Gasteiger partial charge < -0.3 is 34.3 Å². The van der Waals surface area contributed by atoms with E-state index in [1.165, 1.54) is 11.1 Å². The summed E-state index contributed by atoms with van der Waals surface area (Å²) in [6, 6.07) is 20.6. The van der Waals surface area contributed by atoms with Gasteiger partial charge in [-0.2, -0.15) is 0 Å². The third kappa shape index (κ3) is 7.30. The number of aliphatic carboxylic acids is 2. The smallest absolute Gasteiger partial charge is 0.310 e. The lowest BCUT2D eigenvalue weighted by Gasteiger charge is -2.38. The van der Waals surface area contributed by atoms with Crippen LogP contribution in [-0.2, 0) is 41.7 Å². The fourth-order valence-corrected chi connectivity index (χ4v) is 8.95. The fourth-order valence-electron chi connectivity index (χ4n) is 8.95. The molecule has 4 unspecified atom stereocenters. The van der Waals surface area contributed by atoms with Gasteiger partial charge in [-0.1, -0.05) is 60.7 Å². The van der Waals surface area contributed by atoms with Crippen LogP contribution in [0.15, 0.2) is 60.7 Å². The third-order valence-electron chi connectivity index (χ3n) is 11.5. The molecule has 12 heteroatoms. The lowest BCUT2D eigenvalue weighted by Crippen LogP contribution is -2.54. The zero-order chi connectivity index (χ0) is 34.8. The number of carbonyl (C=O) groups excluding carboxylic acids is 3. The minimum atomic E-state index is -1.15. The van der Waals surface area contributed by atoms with Crippen molar-refractivity contribution >= 4 is 23.8 Å². The number of hydrogen-bond acceptors (Lipinski definition) is 9. The fraction of sp³-hybridized carbons (Fsp3) is 0.579. The standard InChI is InChI=1S/2C19H24N2O4/c2*22-18(16-14-6-7-15(25-14)17(16)19(23)24)21-10-8-20(9-11-21)12-13-4-2-1-3-5-13/h2*1-5,14-17H,6-12H2,(H,23,24)/p-1/t2*14-,15+,16?,17?/m00/s1. The van der Waals surface area contributed by atoms with Gasteiger partial charge in [-0.3, -0.25) is 24.2 Å². The van der Waals surface area contributed by atoms with E-state index in [1.54, 1.807) is 0 Å². The number of piperazine rings is 2. The van der Waals surface area contributed by atoms with Crippen LogP contribution in [0.1, 0.15) is 36.8 Å². The molecule has 6 aliphatic rings. The molecule has 0 radical (unpaired) electrons. The molecular formula is C38H47N4O8-. The third-order valence-corrected chi connectivity index (χ3v) is 11.5. The Bertz CT molecular complexity index is 1400. The molecule has 8 rings (SSSR count). The van der Waals surface area contributed by atoms with Gasteiger partial charge in [0.05, 0.1) is 42.2 Å². The van der Waals surface area contributed by atoms with Crippen molar-refractivity contribution < 1.29 is 38.9 Å². The summed E-state index contributed by atoms with van der Waals surface area (Å²) in [7, 11) is 0. The van der Waals surface area contributed by atoms with E-state index in [9.17, 15) is 29.4 Å². The zero-order valence-corrected chi connectivity index (χ0v) is 28.4. The van der Waals surface area contributed by atoms with Crippen molar-refractivity contribution in [2.24, 2.45) is 23.7 Å². The molecule has 50 heavy (non-hydrogen) atoms. The quantitative estimate of drug-likeness (QED) is 0.429. The summed E-state index contributed by atoms with van der Waals surface area (Å²) in [6.45, 7) is 7.60. The van der Waals surface area contributed by atoms with Crippen LogP contribution in [0.3, 0.4) is 0 Å². The van der Waals surface area contributed by atoms with Crippen LogP contribution in [-0.4, -0.2) is 125 Å². The molecule has 0 saturated carbocycles. The summed E-state index contributed by atoms with van der Waals surface area (Å²) >= 11 is 0. The van der Waals surface area contributed by atoms with Crippen molar-refractivity contribution in [3.05, 3.63) is 71.8 Å². The van der Waals surface area contributed by atoms with Gasteiger partial charge >= 0.3 is 5.97 Å². The number of rotatable bonds is 8. The Kier molecular flexibility index (Phi) is 10.5. The van der Waals surface area contributed by atoms with Crippen LogP contribution in [0.4, 0.5) is 0 Å². The van der Waals surface area contributed by atoms with Crippen LogP contribution < -0.4 is 5.11 Å². The number of benzene rings is 2. The Balaban J connectivity index is 0.000000157. The van der Waals surface area contributed by atoms with Gasteiger partial charge in [-0.25, -0.2) is 0 Å². The average molecular weight is 688 g/mol. The molecule has 6 fully saturated rings. The number of carboxylic acid groups (broad SMARTS) is 2. The van der Waals surface area contributed by atoms with E-state index >= 15 is 0 Å². The largest absolute Gasteiger partial charge is 0.550 e. The molecule has 4 bridgehead atoms. The zero-order valence-electron chi connectivity index (χ0n) is 28.4. The topological polar surface area (TPSA) is 143 Å². The van der Waals surface area contributed by atoms with Gasteiger partial charge in [0, 0.05) is 77.3 Å². The number of carboxylic acids is 2. The highest BCUT2D eigenvalue weighted by Crippen LogP contribution is 2.45. The molecule has 12 nitrogen and oxygen atoms in total. The first-order valence-electron chi connectivity index (χ1n) is 18.1. The summed E-state index contributed by atoms with van der Waals surface area (Å²) < 4.78 is 11.4. The molecule has 0 spiro atoms. The molecule has 268 valence electrons. The molecular weight excluding hydrogens is 640 g/mol. The molecule has 6 aliphatic heterocycles. The summed E-state index contributed by atoms with van der Waals surface area (Å²) in [5.74, 6) is -4.66. The number of amides is 2. The van der Waals surface area contributed by atoms with E-state index in [0.717, 1.165) is 65.0 Å². The summed E-state index contributed by atoms with van der Waals surface area (Å²) in [5, 5.41) is 21.0. The van der Waals surface area contributed by atoms with Crippen molar-refractivity contribution in [3.8, 4) is 0 Å². The summed E-state index contributed by atoms with van der Waals surface area (Å²) in [4.78, 5) is 57.2. The van der Waals surface area contributed by atoms with Gasteiger partial charge in [-0.15, -0.1) is 0 Å². The molecule has 2 aromatic carbocycles. The van der Waals surface area contributed by atoms with Gasteiger partial charge in [0.1, 0.15) is 0 Å². The highest BCUT2D eigenvalue weighted by molar-refractivity contribution is 5.87. The van der Waals surface area contributed by atoms with E-state index in [-0.39, 0.29) is 36.2 Å². The average Bonchev–Trinajstić information content (AvgIpc) is 3.95. The van der Waals surface area contributed by atoms with E-state index in [2.05, 4.69) is 34.1 Å². The van der Waals surface area contributed by atoms with Crippen LogP contribution in [0, 0.1) is 23.7 Å². The number of fused-ring (bicyclic) bond motifs is 4. The predicted octanol–water partition coefficient (Wildman–Crippen LogP) is 1.08. The first-order valence-corrected chi connectivity index (χ1v) is 18.1. The maximum Gasteiger partial charge on any atom is 0.310 e. The lowest BCUT2D eigenvalue weighted by molar-refractivity contribution is -0.314. The van der Waals surface area contributed by atoms with E-state index in [0.29, 0.717) is 26.2 Å². The van der Waals surface area contributed by atoms with Crippen LogP contribution in [0.2, 0.25) is 0 Å². The first-order chi connectivity index (χ1) is 24.3. The van der Waals surface area contributed by atoms with Crippen LogP contribution >= 0.6 is 0 Å². The Hall–Kier alpha value is -3.84. The Morgan fingerprint density at radius 1 is 0.560 bits per heavy atom. The molecule has 0 aromatic heterocycles. The number of ether oxygens (including phenoxy) is 2. The van der Waals surface area contributed by atoms with Gasteiger partial charge in [0.25, 0.3) is 0 Å². The molecule has 6 heterocycles. The lowest BCUT2D eigenvalue weighted by atomic mass is 9.78. The second-order valence-electron chi connectivity index (χ2n) is 14.5. The number of carbonyl (C=O) groups is 4.